The molecule has 0 saturated carbocycles. The van der Waals surface area contributed by atoms with Crippen LogP contribution in [-0.4, -0.2) is 45.1 Å². The maximum Gasteiger partial charge on any atom is 0.226 e. The molecule has 1 aromatic carbocycles. The van der Waals surface area contributed by atoms with Crippen molar-refractivity contribution in [3.05, 3.63) is 36.0 Å². The van der Waals surface area contributed by atoms with Crippen LogP contribution in [0.4, 0.5) is 11.8 Å². The van der Waals surface area contributed by atoms with E-state index in [1.807, 2.05) is 31.3 Å². The first-order chi connectivity index (χ1) is 11.7. The molecule has 3 aromatic rings. The van der Waals surface area contributed by atoms with Crippen molar-refractivity contribution in [2.75, 3.05) is 30.9 Å². The van der Waals surface area contributed by atoms with Crippen LogP contribution in [0.25, 0.3) is 11.0 Å². The van der Waals surface area contributed by atoms with Gasteiger partial charge in [0.2, 0.25) is 5.95 Å². The first kappa shape index (κ1) is 18.8. The summed E-state index contributed by atoms with van der Waals surface area (Å²) in [5.41, 5.74) is 1.74. The molecule has 25 heavy (non-hydrogen) atoms. The van der Waals surface area contributed by atoms with Crippen molar-refractivity contribution in [3.63, 3.8) is 0 Å². The van der Waals surface area contributed by atoms with Crippen LogP contribution in [0, 0.1) is 0 Å². The third-order valence-electron chi connectivity index (χ3n) is 3.63. The molecule has 0 radical (unpaired) electrons. The highest BCUT2D eigenvalue weighted by atomic mass is 35.5. The van der Waals surface area contributed by atoms with Gasteiger partial charge in [-0.15, -0.1) is 12.4 Å². The number of aryl methyl sites for hydroxylation is 1. The SMILES string of the molecule is COc1ccccc1CNc1nc(NCCO)nc2c1cnn2C.Cl. The van der Waals surface area contributed by atoms with E-state index in [9.17, 15) is 0 Å². The number of methoxy groups -OCH3 is 1. The monoisotopic (exact) mass is 364 g/mol. The molecule has 0 aliphatic rings. The quantitative estimate of drug-likeness (QED) is 0.588. The molecule has 0 aliphatic heterocycles. The molecule has 0 amide bonds. The van der Waals surface area contributed by atoms with E-state index in [-0.39, 0.29) is 19.0 Å². The molecule has 3 rings (SSSR count). The Morgan fingerprint density at radius 3 is 2.76 bits per heavy atom. The number of rotatable bonds is 7. The van der Waals surface area contributed by atoms with Gasteiger partial charge >= 0.3 is 0 Å². The van der Waals surface area contributed by atoms with Crippen molar-refractivity contribution in [2.45, 2.75) is 6.54 Å². The van der Waals surface area contributed by atoms with Crippen LogP contribution < -0.4 is 15.4 Å². The summed E-state index contributed by atoms with van der Waals surface area (Å²) >= 11 is 0. The van der Waals surface area contributed by atoms with Crippen molar-refractivity contribution in [1.29, 1.82) is 0 Å². The van der Waals surface area contributed by atoms with E-state index in [1.165, 1.54) is 0 Å². The molecule has 2 heterocycles. The van der Waals surface area contributed by atoms with Gasteiger partial charge in [0.15, 0.2) is 5.65 Å². The van der Waals surface area contributed by atoms with Crippen LogP contribution in [0.3, 0.4) is 0 Å². The van der Waals surface area contributed by atoms with Crippen LogP contribution in [0.2, 0.25) is 0 Å². The summed E-state index contributed by atoms with van der Waals surface area (Å²) in [5, 5.41) is 20.4. The van der Waals surface area contributed by atoms with Crippen molar-refractivity contribution in [2.24, 2.45) is 7.05 Å². The third-order valence-corrected chi connectivity index (χ3v) is 3.63. The maximum atomic E-state index is 8.97. The highest BCUT2D eigenvalue weighted by Gasteiger charge is 2.12. The van der Waals surface area contributed by atoms with Gasteiger partial charge in [-0.1, -0.05) is 18.2 Å². The number of aliphatic hydroxyl groups is 1. The fourth-order valence-corrected chi connectivity index (χ4v) is 2.43. The number of fused-ring (bicyclic) bond motifs is 1. The van der Waals surface area contributed by atoms with E-state index < -0.39 is 0 Å². The molecule has 8 nitrogen and oxygen atoms in total. The second-order valence-electron chi connectivity index (χ2n) is 5.22. The first-order valence-electron chi connectivity index (χ1n) is 7.63. The molecular weight excluding hydrogens is 344 g/mol. The normalized spacial score (nSPS) is 10.4. The molecule has 134 valence electrons. The van der Waals surface area contributed by atoms with E-state index in [2.05, 4.69) is 25.7 Å². The third kappa shape index (κ3) is 4.09. The summed E-state index contributed by atoms with van der Waals surface area (Å²) in [6.07, 6.45) is 1.73. The second-order valence-corrected chi connectivity index (χ2v) is 5.22. The van der Waals surface area contributed by atoms with Crippen LogP contribution in [0.1, 0.15) is 5.56 Å². The molecule has 0 bridgehead atoms. The molecule has 0 saturated heterocycles. The summed E-state index contributed by atoms with van der Waals surface area (Å²) in [6, 6.07) is 7.82. The van der Waals surface area contributed by atoms with Gasteiger partial charge in [0.1, 0.15) is 11.6 Å². The number of aliphatic hydroxyl groups excluding tert-OH is 1. The Morgan fingerprint density at radius 2 is 2.00 bits per heavy atom. The van der Waals surface area contributed by atoms with Gasteiger partial charge in [0.25, 0.3) is 0 Å². The first-order valence-corrected chi connectivity index (χ1v) is 7.63. The van der Waals surface area contributed by atoms with E-state index in [1.54, 1.807) is 18.0 Å². The van der Waals surface area contributed by atoms with E-state index >= 15 is 0 Å². The van der Waals surface area contributed by atoms with Crippen LogP contribution in [0.15, 0.2) is 30.5 Å². The van der Waals surface area contributed by atoms with Crippen molar-refractivity contribution >= 4 is 35.2 Å². The predicted molar refractivity (Wildman–Crippen MR) is 99.4 cm³/mol. The molecule has 0 atom stereocenters. The number of hydrogen-bond acceptors (Lipinski definition) is 7. The summed E-state index contributed by atoms with van der Waals surface area (Å²) in [5.74, 6) is 1.95. The van der Waals surface area contributed by atoms with E-state index in [0.29, 0.717) is 30.5 Å². The lowest BCUT2D eigenvalue weighted by atomic mass is 10.2. The minimum Gasteiger partial charge on any atom is -0.496 e. The standard InChI is InChI=1S/C16H20N6O2.ClH/c1-22-15-12(10-19-22)14(20-16(21-15)17-7-8-23)18-9-11-5-3-4-6-13(11)24-2;/h3-6,10,23H,7-9H2,1-2H3,(H2,17,18,20,21);1H. The lowest BCUT2D eigenvalue weighted by Crippen LogP contribution is -2.11. The van der Waals surface area contributed by atoms with Gasteiger partial charge in [-0.3, -0.25) is 4.68 Å². The Balaban J connectivity index is 0.00000225. The smallest absolute Gasteiger partial charge is 0.226 e. The van der Waals surface area contributed by atoms with Gasteiger partial charge in [-0.25, -0.2) is 0 Å². The molecule has 2 aromatic heterocycles. The molecule has 9 heteroatoms. The highest BCUT2D eigenvalue weighted by molar-refractivity contribution is 5.87. The van der Waals surface area contributed by atoms with Crippen LogP contribution >= 0.6 is 12.4 Å². The summed E-state index contributed by atoms with van der Waals surface area (Å²) in [4.78, 5) is 8.91. The number of nitrogens with one attached hydrogen (secondary N) is 2. The maximum absolute atomic E-state index is 8.97. The number of nitrogens with zero attached hydrogens (tertiary/aromatic N) is 4. The second kappa shape index (κ2) is 8.50. The molecule has 0 aliphatic carbocycles. The lowest BCUT2D eigenvalue weighted by molar-refractivity contribution is 0.311. The average Bonchev–Trinajstić information content (AvgIpc) is 2.99. The number of anilines is 2. The zero-order chi connectivity index (χ0) is 16.9. The predicted octanol–water partition coefficient (Wildman–Crippen LogP) is 1.81. The van der Waals surface area contributed by atoms with Crippen molar-refractivity contribution in [3.8, 4) is 5.75 Å². The van der Waals surface area contributed by atoms with Gasteiger partial charge in [-0.2, -0.15) is 15.1 Å². The average molecular weight is 365 g/mol. The Hall–Kier alpha value is -2.58. The Labute approximate surface area is 151 Å². The van der Waals surface area contributed by atoms with E-state index in [0.717, 1.165) is 16.7 Å². The number of aromatic nitrogens is 4. The van der Waals surface area contributed by atoms with Crippen molar-refractivity contribution in [1.82, 2.24) is 19.7 Å². The lowest BCUT2D eigenvalue weighted by Gasteiger charge is -2.12. The molecule has 0 unspecified atom stereocenters. The van der Waals surface area contributed by atoms with Crippen LogP contribution in [-0.2, 0) is 13.6 Å². The van der Waals surface area contributed by atoms with Gasteiger partial charge in [0, 0.05) is 25.7 Å². The number of benzene rings is 1. The largest absolute Gasteiger partial charge is 0.496 e. The molecular formula is C16H21ClN6O2. The van der Waals surface area contributed by atoms with Gasteiger partial charge in [-0.05, 0) is 6.07 Å². The van der Waals surface area contributed by atoms with Crippen LogP contribution in [0.5, 0.6) is 5.75 Å². The zero-order valence-corrected chi connectivity index (χ0v) is 14.9. The summed E-state index contributed by atoms with van der Waals surface area (Å²) in [6.45, 7) is 0.955. The number of ether oxygens (including phenoxy) is 1. The van der Waals surface area contributed by atoms with Gasteiger partial charge in [0.05, 0.1) is 25.3 Å². The Morgan fingerprint density at radius 1 is 1.20 bits per heavy atom. The summed E-state index contributed by atoms with van der Waals surface area (Å²) < 4.78 is 7.06. The van der Waals surface area contributed by atoms with Crippen molar-refractivity contribution < 1.29 is 9.84 Å². The zero-order valence-electron chi connectivity index (χ0n) is 14.1. The molecule has 0 fully saturated rings. The molecule has 3 N–H and O–H groups in total. The Bertz CT molecular complexity index is 839. The fourth-order valence-electron chi connectivity index (χ4n) is 2.43. The topological polar surface area (TPSA) is 97.1 Å². The minimum atomic E-state index is 0. The molecule has 0 spiro atoms. The number of hydrogen-bond donors (Lipinski definition) is 3. The minimum absolute atomic E-state index is 0. The van der Waals surface area contributed by atoms with E-state index in [4.69, 9.17) is 9.84 Å². The summed E-state index contributed by atoms with van der Waals surface area (Å²) in [7, 11) is 3.48. The highest BCUT2D eigenvalue weighted by Crippen LogP contribution is 2.24. The number of halogens is 1. The number of para-hydroxylation sites is 1. The van der Waals surface area contributed by atoms with Gasteiger partial charge < -0.3 is 20.5 Å². The Kier molecular flexibility index (Phi) is 6.37. The fraction of sp³-hybridized carbons (Fsp3) is 0.312.